The molecule has 8 heteroatoms. The van der Waals surface area contributed by atoms with E-state index in [1.807, 2.05) is 19.3 Å². The molecule has 0 spiro atoms. The van der Waals surface area contributed by atoms with E-state index in [1.165, 1.54) is 12.1 Å². The lowest BCUT2D eigenvalue weighted by Gasteiger charge is -2.13. The minimum atomic E-state index is -4.77. The number of benzene rings is 1. The smallest absolute Gasteiger partial charge is 0.406 e. The van der Waals surface area contributed by atoms with E-state index in [1.54, 1.807) is 10.6 Å². The van der Waals surface area contributed by atoms with Crippen LogP contribution in [0.3, 0.4) is 0 Å². The van der Waals surface area contributed by atoms with Crippen LogP contribution in [0.25, 0.3) is 0 Å². The molecule has 1 amide bonds. The first-order valence-corrected chi connectivity index (χ1v) is 7.19. The Balaban J connectivity index is 1.83. The second-order valence-corrected chi connectivity index (χ2v) is 5.18. The number of nitrogens with one attached hydrogen (secondary N) is 1. The molecule has 1 unspecified atom stereocenters. The maximum absolute atomic E-state index is 12.1. The number of rotatable bonds is 6. The topological polar surface area (TPSA) is 63.5 Å². The number of aryl methyl sites for hydroxylation is 1. The maximum Gasteiger partial charge on any atom is 0.573 e. The zero-order chi connectivity index (χ0) is 17.7. The molecule has 0 fully saturated rings. The SMILES string of the molecule is Cn1cccc1C(O)CCNC(=O)c1ccc(OC(F)(F)F)cc1. The van der Waals surface area contributed by atoms with E-state index in [0.29, 0.717) is 6.42 Å². The summed E-state index contributed by atoms with van der Waals surface area (Å²) in [5, 5.41) is 12.6. The van der Waals surface area contributed by atoms with E-state index in [4.69, 9.17) is 0 Å². The first-order valence-electron chi connectivity index (χ1n) is 7.19. The van der Waals surface area contributed by atoms with Crippen LogP contribution in [0.1, 0.15) is 28.6 Å². The molecule has 0 aliphatic heterocycles. The van der Waals surface area contributed by atoms with Crippen LogP contribution in [0.4, 0.5) is 13.2 Å². The number of aromatic nitrogens is 1. The summed E-state index contributed by atoms with van der Waals surface area (Å²) in [5.74, 6) is -0.828. The van der Waals surface area contributed by atoms with E-state index < -0.39 is 24.1 Å². The third-order valence-corrected chi connectivity index (χ3v) is 3.38. The van der Waals surface area contributed by atoms with E-state index in [0.717, 1.165) is 17.8 Å². The second-order valence-electron chi connectivity index (χ2n) is 5.18. The molecule has 24 heavy (non-hydrogen) atoms. The molecule has 5 nitrogen and oxygen atoms in total. The van der Waals surface area contributed by atoms with Crippen molar-refractivity contribution in [1.82, 2.24) is 9.88 Å². The average Bonchev–Trinajstić information content (AvgIpc) is 2.92. The number of carbonyl (C=O) groups excluding carboxylic acids is 1. The third-order valence-electron chi connectivity index (χ3n) is 3.38. The molecule has 2 rings (SSSR count). The first kappa shape index (κ1) is 17.9. The maximum atomic E-state index is 12.1. The minimum Gasteiger partial charge on any atom is -0.406 e. The monoisotopic (exact) mass is 342 g/mol. The molecule has 130 valence electrons. The number of hydrogen-bond acceptors (Lipinski definition) is 3. The van der Waals surface area contributed by atoms with Crippen LogP contribution in [-0.4, -0.2) is 28.5 Å². The molecule has 0 aliphatic rings. The highest BCUT2D eigenvalue weighted by Crippen LogP contribution is 2.22. The highest BCUT2D eigenvalue weighted by Gasteiger charge is 2.31. The van der Waals surface area contributed by atoms with Crippen molar-refractivity contribution in [2.24, 2.45) is 7.05 Å². The Morgan fingerprint density at radius 2 is 1.96 bits per heavy atom. The Kier molecular flexibility index (Phi) is 5.50. The quantitative estimate of drug-likeness (QED) is 0.848. The van der Waals surface area contributed by atoms with Gasteiger partial charge in [0.05, 0.1) is 6.10 Å². The van der Waals surface area contributed by atoms with E-state index in [-0.39, 0.29) is 12.1 Å². The fourth-order valence-electron chi connectivity index (χ4n) is 2.20. The molecule has 0 saturated carbocycles. The molecular weight excluding hydrogens is 325 g/mol. The Morgan fingerprint density at radius 3 is 2.50 bits per heavy atom. The molecule has 1 heterocycles. The highest BCUT2D eigenvalue weighted by atomic mass is 19.4. The van der Waals surface area contributed by atoms with Crippen molar-refractivity contribution in [2.75, 3.05) is 6.54 Å². The van der Waals surface area contributed by atoms with Crippen molar-refractivity contribution in [2.45, 2.75) is 18.9 Å². The number of hydrogen-bond donors (Lipinski definition) is 2. The normalized spacial score (nSPS) is 12.7. The fourth-order valence-corrected chi connectivity index (χ4v) is 2.20. The molecule has 0 aliphatic carbocycles. The summed E-state index contributed by atoms with van der Waals surface area (Å²) in [6.07, 6.45) is -3.36. The highest BCUT2D eigenvalue weighted by molar-refractivity contribution is 5.94. The minimum absolute atomic E-state index is 0.206. The van der Waals surface area contributed by atoms with Crippen LogP contribution in [0.5, 0.6) is 5.75 Å². The van der Waals surface area contributed by atoms with Gasteiger partial charge < -0.3 is 19.7 Å². The summed E-state index contributed by atoms with van der Waals surface area (Å²) < 4.78 is 41.7. The lowest BCUT2D eigenvalue weighted by Crippen LogP contribution is -2.26. The van der Waals surface area contributed by atoms with Crippen LogP contribution in [0.2, 0.25) is 0 Å². The number of aliphatic hydroxyl groups is 1. The number of ether oxygens (including phenoxy) is 1. The van der Waals surface area contributed by atoms with Gasteiger partial charge in [-0.05, 0) is 42.8 Å². The van der Waals surface area contributed by atoms with Crippen LogP contribution >= 0.6 is 0 Å². The molecular formula is C16H17F3N2O3. The van der Waals surface area contributed by atoms with Gasteiger partial charge in [-0.25, -0.2) is 0 Å². The van der Waals surface area contributed by atoms with Gasteiger partial charge in [-0.1, -0.05) is 0 Å². The lowest BCUT2D eigenvalue weighted by atomic mass is 10.1. The van der Waals surface area contributed by atoms with Crippen LogP contribution in [0, 0.1) is 0 Å². The molecule has 1 atom stereocenters. The Bertz CT molecular complexity index is 681. The summed E-state index contributed by atoms with van der Waals surface area (Å²) in [6, 6.07) is 8.21. The summed E-state index contributed by atoms with van der Waals surface area (Å²) in [5.41, 5.74) is 0.941. The molecule has 1 aromatic carbocycles. The van der Waals surface area contributed by atoms with Crippen molar-refractivity contribution in [3.8, 4) is 5.75 Å². The van der Waals surface area contributed by atoms with Crippen molar-refractivity contribution >= 4 is 5.91 Å². The van der Waals surface area contributed by atoms with Crippen molar-refractivity contribution in [1.29, 1.82) is 0 Å². The van der Waals surface area contributed by atoms with Gasteiger partial charge in [-0.15, -0.1) is 13.2 Å². The zero-order valence-corrected chi connectivity index (χ0v) is 12.9. The van der Waals surface area contributed by atoms with Gasteiger partial charge in [0.15, 0.2) is 0 Å². The van der Waals surface area contributed by atoms with Crippen LogP contribution in [-0.2, 0) is 7.05 Å². The van der Waals surface area contributed by atoms with Crippen molar-refractivity contribution < 1.29 is 27.8 Å². The van der Waals surface area contributed by atoms with Gasteiger partial charge in [0.25, 0.3) is 5.91 Å². The van der Waals surface area contributed by atoms with E-state index in [2.05, 4.69) is 10.1 Å². The molecule has 2 N–H and O–H groups in total. The van der Waals surface area contributed by atoms with Crippen molar-refractivity contribution in [3.63, 3.8) is 0 Å². The number of aliphatic hydroxyl groups excluding tert-OH is 1. The van der Waals surface area contributed by atoms with Crippen LogP contribution < -0.4 is 10.1 Å². The van der Waals surface area contributed by atoms with Gasteiger partial charge in [-0.3, -0.25) is 4.79 Å². The van der Waals surface area contributed by atoms with Gasteiger partial charge in [0.2, 0.25) is 0 Å². The molecule has 0 bridgehead atoms. The summed E-state index contributed by atoms with van der Waals surface area (Å²) in [6.45, 7) is 0.228. The summed E-state index contributed by atoms with van der Waals surface area (Å²) in [7, 11) is 1.81. The Hall–Kier alpha value is -2.48. The molecule has 2 aromatic rings. The second kappa shape index (κ2) is 7.39. The number of nitrogens with zero attached hydrogens (tertiary/aromatic N) is 1. The molecule has 1 aromatic heterocycles. The standard InChI is InChI=1S/C16H17F3N2O3/c1-21-10-2-3-13(21)14(22)8-9-20-15(23)11-4-6-12(7-5-11)24-16(17,18)19/h2-7,10,14,22H,8-9H2,1H3,(H,20,23). The van der Waals surface area contributed by atoms with Crippen LogP contribution in [0.15, 0.2) is 42.6 Å². The number of carbonyl (C=O) groups is 1. The molecule has 0 radical (unpaired) electrons. The largest absolute Gasteiger partial charge is 0.573 e. The summed E-state index contributed by atoms with van der Waals surface area (Å²) in [4.78, 5) is 11.9. The van der Waals surface area contributed by atoms with Gasteiger partial charge >= 0.3 is 6.36 Å². The van der Waals surface area contributed by atoms with E-state index >= 15 is 0 Å². The fraction of sp³-hybridized carbons (Fsp3) is 0.312. The predicted molar refractivity (Wildman–Crippen MR) is 80.4 cm³/mol. The Labute approximate surface area is 136 Å². The van der Waals surface area contributed by atoms with E-state index in [9.17, 15) is 23.1 Å². The van der Waals surface area contributed by atoms with Crippen molar-refractivity contribution in [3.05, 3.63) is 53.9 Å². The number of amides is 1. The van der Waals surface area contributed by atoms with Gasteiger partial charge in [0.1, 0.15) is 5.75 Å². The zero-order valence-electron chi connectivity index (χ0n) is 12.9. The Morgan fingerprint density at radius 1 is 1.29 bits per heavy atom. The average molecular weight is 342 g/mol. The number of halogens is 3. The van der Waals surface area contributed by atoms with Gasteiger partial charge in [0, 0.05) is 31.0 Å². The lowest BCUT2D eigenvalue weighted by molar-refractivity contribution is -0.274. The summed E-state index contributed by atoms with van der Waals surface area (Å²) >= 11 is 0. The number of alkyl halides is 3. The third kappa shape index (κ3) is 5.02. The molecule has 0 saturated heterocycles. The first-order chi connectivity index (χ1) is 11.3. The van der Waals surface area contributed by atoms with Gasteiger partial charge in [-0.2, -0.15) is 0 Å². The predicted octanol–water partition coefficient (Wildman–Crippen LogP) is 2.78.